The van der Waals surface area contributed by atoms with Gasteiger partial charge in [0.1, 0.15) is 0 Å². The van der Waals surface area contributed by atoms with Crippen molar-refractivity contribution < 1.29 is 9.90 Å². The number of hydrogen-bond donors (Lipinski definition) is 1. The first-order chi connectivity index (χ1) is 10.4. The van der Waals surface area contributed by atoms with Crippen molar-refractivity contribution >= 4 is 5.97 Å². The van der Waals surface area contributed by atoms with E-state index in [9.17, 15) is 9.90 Å². The maximum atomic E-state index is 11.2. The first-order valence-corrected chi connectivity index (χ1v) is 8.36. The van der Waals surface area contributed by atoms with Gasteiger partial charge in [-0.2, -0.15) is 5.10 Å². The van der Waals surface area contributed by atoms with Crippen LogP contribution in [0.25, 0.3) is 0 Å². The summed E-state index contributed by atoms with van der Waals surface area (Å²) >= 11 is 0. The minimum atomic E-state index is -0.701. The van der Waals surface area contributed by atoms with Crippen molar-refractivity contribution in [3.63, 3.8) is 0 Å². The molecule has 5 nitrogen and oxygen atoms in total. The maximum Gasteiger partial charge on any atom is 0.303 e. The Labute approximate surface area is 133 Å². The molecule has 1 heterocycles. The summed E-state index contributed by atoms with van der Waals surface area (Å²) in [6.07, 6.45) is 4.38. The zero-order chi connectivity index (χ0) is 16.3. The molecule has 0 aliphatic heterocycles. The summed E-state index contributed by atoms with van der Waals surface area (Å²) in [5.74, 6) is -0.215. The fourth-order valence-electron chi connectivity index (χ4n) is 3.46. The van der Waals surface area contributed by atoms with Gasteiger partial charge in [0.2, 0.25) is 0 Å². The predicted molar refractivity (Wildman–Crippen MR) is 87.4 cm³/mol. The molecule has 1 aliphatic carbocycles. The Bertz CT molecular complexity index is 520. The van der Waals surface area contributed by atoms with E-state index in [0.29, 0.717) is 5.92 Å². The van der Waals surface area contributed by atoms with Crippen molar-refractivity contribution in [1.29, 1.82) is 0 Å². The van der Waals surface area contributed by atoms with Gasteiger partial charge >= 0.3 is 5.97 Å². The van der Waals surface area contributed by atoms with Gasteiger partial charge in [-0.05, 0) is 58.2 Å². The van der Waals surface area contributed by atoms with Crippen LogP contribution in [0.3, 0.4) is 0 Å². The van der Waals surface area contributed by atoms with Crippen LogP contribution in [-0.4, -0.2) is 46.4 Å². The van der Waals surface area contributed by atoms with Crippen LogP contribution in [0, 0.1) is 0 Å². The van der Waals surface area contributed by atoms with Crippen LogP contribution in [0.15, 0.2) is 0 Å². The lowest BCUT2D eigenvalue weighted by Crippen LogP contribution is -2.18. The predicted octanol–water partition coefficient (Wildman–Crippen LogP) is 2.85. The highest BCUT2D eigenvalue weighted by Gasteiger charge is 2.30. The molecule has 1 unspecified atom stereocenters. The third kappa shape index (κ3) is 3.88. The minimum Gasteiger partial charge on any atom is -0.481 e. The van der Waals surface area contributed by atoms with Crippen LogP contribution in [0.5, 0.6) is 0 Å². The molecule has 1 aromatic heterocycles. The topological polar surface area (TPSA) is 58.4 Å². The van der Waals surface area contributed by atoms with Gasteiger partial charge in [-0.3, -0.25) is 9.48 Å². The summed E-state index contributed by atoms with van der Waals surface area (Å²) in [6.45, 7) is 6.27. The average Bonchev–Trinajstić information content (AvgIpc) is 2.78. The van der Waals surface area contributed by atoms with E-state index >= 15 is 0 Å². The minimum absolute atomic E-state index is 0.140. The average molecular weight is 307 g/mol. The van der Waals surface area contributed by atoms with Gasteiger partial charge in [0, 0.05) is 17.8 Å². The molecule has 1 N–H and O–H groups in total. The van der Waals surface area contributed by atoms with E-state index in [1.807, 2.05) is 0 Å². The number of hydrogen-bond acceptors (Lipinski definition) is 3. The highest BCUT2D eigenvalue weighted by molar-refractivity contribution is 5.68. The first-order valence-electron chi connectivity index (χ1n) is 8.36. The largest absolute Gasteiger partial charge is 0.481 e. The van der Waals surface area contributed by atoms with Gasteiger partial charge in [0.05, 0.1) is 12.1 Å². The second kappa shape index (κ2) is 7.27. The number of aliphatic carboxylic acids is 1. The lowest BCUT2D eigenvalue weighted by atomic mass is 9.81. The smallest absolute Gasteiger partial charge is 0.303 e. The fraction of sp³-hybridized carbons (Fsp3) is 0.765. The Morgan fingerprint density at radius 2 is 2.18 bits per heavy atom. The molecule has 2 rings (SSSR count). The Hall–Kier alpha value is -1.36. The number of aryl methyl sites for hydroxylation is 1. The summed E-state index contributed by atoms with van der Waals surface area (Å²) in [7, 11) is 4.17. The summed E-state index contributed by atoms with van der Waals surface area (Å²) < 4.78 is 2.15. The molecule has 1 atom stereocenters. The second-order valence-electron chi connectivity index (χ2n) is 6.97. The third-order valence-electron chi connectivity index (χ3n) is 4.44. The third-order valence-corrected chi connectivity index (χ3v) is 4.44. The monoisotopic (exact) mass is 307 g/mol. The van der Waals surface area contributed by atoms with E-state index in [1.165, 1.54) is 11.3 Å². The Morgan fingerprint density at radius 1 is 1.45 bits per heavy atom. The fourth-order valence-corrected chi connectivity index (χ4v) is 3.46. The molecule has 1 aromatic rings. The van der Waals surface area contributed by atoms with Gasteiger partial charge in [-0.1, -0.05) is 13.8 Å². The van der Waals surface area contributed by atoms with E-state index < -0.39 is 5.97 Å². The highest BCUT2D eigenvalue weighted by Crippen LogP contribution is 2.38. The molecule has 0 spiro atoms. The molecule has 0 radical (unpaired) electrons. The second-order valence-corrected chi connectivity index (χ2v) is 6.97. The number of aromatic nitrogens is 2. The summed E-state index contributed by atoms with van der Waals surface area (Å²) in [5.41, 5.74) is 3.65. The van der Waals surface area contributed by atoms with Crippen LogP contribution >= 0.6 is 0 Å². The van der Waals surface area contributed by atoms with Gasteiger partial charge in [-0.25, -0.2) is 0 Å². The van der Waals surface area contributed by atoms with Crippen LogP contribution in [0.1, 0.15) is 68.3 Å². The number of carbonyl (C=O) groups is 1. The highest BCUT2D eigenvalue weighted by atomic mass is 16.4. The van der Waals surface area contributed by atoms with Crippen molar-refractivity contribution in [2.45, 2.75) is 64.3 Å². The van der Waals surface area contributed by atoms with Gasteiger partial charge in [0.25, 0.3) is 0 Å². The molecule has 0 fully saturated rings. The molecule has 124 valence electrons. The molecule has 0 aromatic carbocycles. The molecule has 0 saturated carbocycles. The molecule has 0 saturated heterocycles. The van der Waals surface area contributed by atoms with E-state index in [1.54, 1.807) is 0 Å². The zero-order valence-electron chi connectivity index (χ0n) is 14.3. The summed E-state index contributed by atoms with van der Waals surface area (Å²) in [5, 5.41) is 14.0. The first kappa shape index (κ1) is 17.0. The van der Waals surface area contributed by atoms with Crippen molar-refractivity contribution in [2.75, 3.05) is 20.6 Å². The van der Waals surface area contributed by atoms with Crippen LogP contribution in [-0.2, 0) is 17.8 Å². The van der Waals surface area contributed by atoms with Crippen LogP contribution in [0.4, 0.5) is 0 Å². The Morgan fingerprint density at radius 3 is 2.77 bits per heavy atom. The van der Waals surface area contributed by atoms with Crippen molar-refractivity contribution in [3.8, 4) is 0 Å². The number of nitrogens with zero attached hydrogens (tertiary/aromatic N) is 3. The number of carboxylic acid groups (broad SMARTS) is 1. The van der Waals surface area contributed by atoms with E-state index in [2.05, 4.69) is 37.5 Å². The number of rotatable bonds is 7. The maximum absolute atomic E-state index is 11.2. The zero-order valence-corrected chi connectivity index (χ0v) is 14.3. The van der Waals surface area contributed by atoms with E-state index in [-0.39, 0.29) is 12.3 Å². The quantitative estimate of drug-likeness (QED) is 0.841. The van der Waals surface area contributed by atoms with Crippen LogP contribution < -0.4 is 0 Å². The molecule has 0 bridgehead atoms. The van der Waals surface area contributed by atoms with E-state index in [0.717, 1.165) is 44.5 Å². The molecular weight excluding hydrogens is 278 g/mol. The van der Waals surface area contributed by atoms with Gasteiger partial charge < -0.3 is 10.0 Å². The molecule has 0 amide bonds. The van der Waals surface area contributed by atoms with Gasteiger partial charge in [0.15, 0.2) is 0 Å². The molecular formula is C17H29N3O2. The summed E-state index contributed by atoms with van der Waals surface area (Å²) in [4.78, 5) is 13.4. The summed E-state index contributed by atoms with van der Waals surface area (Å²) in [6, 6.07) is 0. The lowest BCUT2D eigenvalue weighted by molar-refractivity contribution is -0.137. The Balaban J connectivity index is 2.28. The van der Waals surface area contributed by atoms with Crippen molar-refractivity contribution in [1.82, 2.24) is 14.7 Å². The normalized spacial score (nSPS) is 18.0. The van der Waals surface area contributed by atoms with Gasteiger partial charge in [-0.15, -0.1) is 0 Å². The number of fused-ring (bicyclic) bond motifs is 1. The van der Waals surface area contributed by atoms with E-state index in [4.69, 9.17) is 5.10 Å². The molecule has 1 aliphatic rings. The molecule has 5 heteroatoms. The number of carboxylic acids is 1. The molecule has 22 heavy (non-hydrogen) atoms. The lowest BCUT2D eigenvalue weighted by Gasteiger charge is -2.23. The van der Waals surface area contributed by atoms with Crippen molar-refractivity contribution in [2.24, 2.45) is 0 Å². The Kier molecular flexibility index (Phi) is 5.62. The van der Waals surface area contributed by atoms with Crippen molar-refractivity contribution in [3.05, 3.63) is 17.0 Å². The van der Waals surface area contributed by atoms with Crippen LogP contribution in [0.2, 0.25) is 0 Å². The SMILES string of the molecule is CC(C)c1nn(CCCN(C)C)c2c1C(CC(=O)O)CCC2. The standard InChI is InChI=1S/C17H29N3O2/c1-12(2)17-16-13(11-15(21)22)7-5-8-14(16)20(18-17)10-6-9-19(3)4/h12-13H,5-11H2,1-4H3,(H,21,22).